The van der Waals surface area contributed by atoms with E-state index in [9.17, 15) is 13.2 Å². The van der Waals surface area contributed by atoms with Crippen molar-refractivity contribution in [3.63, 3.8) is 0 Å². The van der Waals surface area contributed by atoms with Gasteiger partial charge in [-0.15, -0.1) is 0 Å². The molecule has 0 amide bonds. The Morgan fingerprint density at radius 3 is 2.52 bits per heavy atom. The van der Waals surface area contributed by atoms with Crippen LogP contribution in [0.4, 0.5) is 13.2 Å². The van der Waals surface area contributed by atoms with E-state index < -0.39 is 11.7 Å². The summed E-state index contributed by atoms with van der Waals surface area (Å²) in [7, 11) is 0. The second-order valence-corrected chi connectivity index (χ2v) is 4.91. The van der Waals surface area contributed by atoms with E-state index in [4.69, 9.17) is 0 Å². The minimum atomic E-state index is -4.34. The average Bonchev–Trinajstić information content (AvgIpc) is 2.44. The Labute approximate surface area is 122 Å². The zero-order chi connectivity index (χ0) is 15.5. The van der Waals surface area contributed by atoms with Crippen molar-refractivity contribution in [2.24, 2.45) is 0 Å². The van der Waals surface area contributed by atoms with Crippen LogP contribution in [0.1, 0.15) is 35.2 Å². The topological polar surface area (TPSA) is 24.9 Å². The molecule has 1 atom stereocenters. The lowest BCUT2D eigenvalue weighted by Crippen LogP contribution is -2.22. The molecule has 0 radical (unpaired) electrons. The van der Waals surface area contributed by atoms with E-state index in [2.05, 4.69) is 10.3 Å². The van der Waals surface area contributed by atoms with E-state index in [1.54, 1.807) is 18.5 Å². The zero-order valence-corrected chi connectivity index (χ0v) is 11.9. The third kappa shape index (κ3) is 3.82. The van der Waals surface area contributed by atoms with Gasteiger partial charge < -0.3 is 5.32 Å². The molecule has 112 valence electrons. The van der Waals surface area contributed by atoms with Crippen molar-refractivity contribution in [3.8, 4) is 0 Å². The van der Waals surface area contributed by atoms with Crippen LogP contribution < -0.4 is 5.32 Å². The van der Waals surface area contributed by atoms with Gasteiger partial charge in [-0.3, -0.25) is 4.98 Å². The number of halogens is 3. The molecule has 1 aromatic carbocycles. The van der Waals surface area contributed by atoms with Gasteiger partial charge in [0.2, 0.25) is 0 Å². The van der Waals surface area contributed by atoms with Crippen molar-refractivity contribution in [1.82, 2.24) is 10.3 Å². The summed E-state index contributed by atoms with van der Waals surface area (Å²) < 4.78 is 38.6. The molecule has 0 bridgehead atoms. The Morgan fingerprint density at radius 1 is 1.14 bits per heavy atom. The number of pyridine rings is 1. The van der Waals surface area contributed by atoms with E-state index in [0.717, 1.165) is 17.2 Å². The predicted molar refractivity (Wildman–Crippen MR) is 75.9 cm³/mol. The molecular weight excluding hydrogens is 277 g/mol. The van der Waals surface area contributed by atoms with Crippen LogP contribution in [0.15, 0.2) is 42.7 Å². The highest BCUT2D eigenvalue weighted by Gasteiger charge is 2.31. The number of nitrogens with one attached hydrogen (secondary N) is 1. The monoisotopic (exact) mass is 294 g/mol. The Morgan fingerprint density at radius 2 is 1.90 bits per heavy atom. The van der Waals surface area contributed by atoms with Gasteiger partial charge in [-0.1, -0.05) is 25.1 Å². The van der Waals surface area contributed by atoms with Crippen LogP contribution in [0, 0.1) is 6.92 Å². The SMILES string of the molecule is CCNC(c1cncc(C)c1)c1cccc(C(F)(F)F)c1. The molecule has 21 heavy (non-hydrogen) atoms. The molecular formula is C16H17F3N2. The highest BCUT2D eigenvalue weighted by Crippen LogP contribution is 2.32. The Bertz CT molecular complexity index is 608. The van der Waals surface area contributed by atoms with Gasteiger partial charge in [0.25, 0.3) is 0 Å². The van der Waals surface area contributed by atoms with Gasteiger partial charge in [0, 0.05) is 12.4 Å². The van der Waals surface area contributed by atoms with E-state index in [1.807, 2.05) is 19.9 Å². The number of hydrogen-bond donors (Lipinski definition) is 1. The van der Waals surface area contributed by atoms with E-state index >= 15 is 0 Å². The van der Waals surface area contributed by atoms with Crippen LogP contribution in [-0.4, -0.2) is 11.5 Å². The first kappa shape index (κ1) is 15.5. The molecule has 1 N–H and O–H groups in total. The molecule has 0 saturated carbocycles. The van der Waals surface area contributed by atoms with E-state index in [1.165, 1.54) is 12.1 Å². The van der Waals surface area contributed by atoms with Crippen molar-refractivity contribution >= 4 is 0 Å². The Hall–Kier alpha value is -1.88. The molecule has 0 saturated heterocycles. The fourth-order valence-corrected chi connectivity index (χ4v) is 2.26. The van der Waals surface area contributed by atoms with Gasteiger partial charge in [0.1, 0.15) is 0 Å². The fraction of sp³-hybridized carbons (Fsp3) is 0.312. The number of aryl methyl sites for hydroxylation is 1. The van der Waals surface area contributed by atoms with Gasteiger partial charge in [-0.05, 0) is 42.3 Å². The van der Waals surface area contributed by atoms with Crippen molar-refractivity contribution in [1.29, 1.82) is 0 Å². The first-order valence-corrected chi connectivity index (χ1v) is 6.74. The molecule has 0 aliphatic rings. The van der Waals surface area contributed by atoms with Crippen molar-refractivity contribution in [3.05, 3.63) is 65.0 Å². The fourth-order valence-electron chi connectivity index (χ4n) is 2.26. The lowest BCUT2D eigenvalue weighted by atomic mass is 9.97. The first-order valence-electron chi connectivity index (χ1n) is 6.74. The third-order valence-electron chi connectivity index (χ3n) is 3.18. The summed E-state index contributed by atoms with van der Waals surface area (Å²) in [4.78, 5) is 4.12. The van der Waals surface area contributed by atoms with Crippen molar-refractivity contribution in [2.45, 2.75) is 26.1 Å². The minimum Gasteiger partial charge on any atom is -0.306 e. The second-order valence-electron chi connectivity index (χ2n) is 4.91. The molecule has 0 fully saturated rings. The van der Waals surface area contributed by atoms with Gasteiger partial charge >= 0.3 is 6.18 Å². The highest BCUT2D eigenvalue weighted by molar-refractivity contribution is 5.35. The molecule has 2 nitrogen and oxygen atoms in total. The number of alkyl halides is 3. The minimum absolute atomic E-state index is 0.301. The quantitative estimate of drug-likeness (QED) is 0.918. The number of aromatic nitrogens is 1. The third-order valence-corrected chi connectivity index (χ3v) is 3.18. The summed E-state index contributed by atoms with van der Waals surface area (Å²) in [5.41, 5.74) is 1.78. The van der Waals surface area contributed by atoms with Gasteiger partial charge in [-0.2, -0.15) is 13.2 Å². The standard InChI is InChI=1S/C16H17F3N2/c1-3-21-15(13-7-11(2)9-20-10-13)12-5-4-6-14(8-12)16(17,18)19/h4-10,15,21H,3H2,1-2H3. The van der Waals surface area contributed by atoms with Crippen LogP contribution in [0.5, 0.6) is 0 Å². The zero-order valence-electron chi connectivity index (χ0n) is 11.9. The first-order chi connectivity index (χ1) is 9.91. The van der Waals surface area contributed by atoms with Crippen LogP contribution in [0.25, 0.3) is 0 Å². The number of nitrogens with zero attached hydrogens (tertiary/aromatic N) is 1. The summed E-state index contributed by atoms with van der Waals surface area (Å²) in [6.07, 6.45) is -0.934. The largest absolute Gasteiger partial charge is 0.416 e. The molecule has 0 aliphatic heterocycles. The number of hydrogen-bond acceptors (Lipinski definition) is 2. The second kappa shape index (κ2) is 6.26. The van der Waals surface area contributed by atoms with Crippen LogP contribution in [-0.2, 0) is 6.18 Å². The van der Waals surface area contributed by atoms with E-state index in [0.29, 0.717) is 12.1 Å². The van der Waals surface area contributed by atoms with Crippen LogP contribution in [0.3, 0.4) is 0 Å². The lowest BCUT2D eigenvalue weighted by Gasteiger charge is -2.20. The number of rotatable bonds is 4. The maximum atomic E-state index is 12.9. The summed E-state index contributed by atoms with van der Waals surface area (Å²) >= 11 is 0. The smallest absolute Gasteiger partial charge is 0.306 e. The summed E-state index contributed by atoms with van der Waals surface area (Å²) in [5.74, 6) is 0. The lowest BCUT2D eigenvalue weighted by molar-refractivity contribution is -0.137. The van der Waals surface area contributed by atoms with Crippen molar-refractivity contribution < 1.29 is 13.2 Å². The van der Waals surface area contributed by atoms with Crippen LogP contribution in [0.2, 0.25) is 0 Å². The highest BCUT2D eigenvalue weighted by atomic mass is 19.4. The molecule has 0 aliphatic carbocycles. The summed E-state index contributed by atoms with van der Waals surface area (Å²) in [6, 6.07) is 7.04. The maximum Gasteiger partial charge on any atom is 0.416 e. The van der Waals surface area contributed by atoms with Gasteiger partial charge in [0.05, 0.1) is 11.6 Å². The molecule has 1 unspecified atom stereocenters. The Kier molecular flexibility index (Phi) is 4.63. The number of benzene rings is 1. The molecule has 1 aromatic heterocycles. The molecule has 0 spiro atoms. The molecule has 2 aromatic rings. The predicted octanol–water partition coefficient (Wildman–Crippen LogP) is 4.11. The molecule has 1 heterocycles. The molecule has 2 rings (SSSR count). The summed E-state index contributed by atoms with van der Waals surface area (Å²) in [6.45, 7) is 4.48. The molecule has 5 heteroatoms. The van der Waals surface area contributed by atoms with Crippen LogP contribution >= 0.6 is 0 Å². The maximum absolute atomic E-state index is 12.9. The summed E-state index contributed by atoms with van der Waals surface area (Å²) in [5, 5.41) is 3.21. The van der Waals surface area contributed by atoms with Gasteiger partial charge in [0.15, 0.2) is 0 Å². The normalized spacial score (nSPS) is 13.2. The van der Waals surface area contributed by atoms with Crippen molar-refractivity contribution in [2.75, 3.05) is 6.54 Å². The van der Waals surface area contributed by atoms with Gasteiger partial charge in [-0.25, -0.2) is 0 Å². The van der Waals surface area contributed by atoms with E-state index in [-0.39, 0.29) is 6.04 Å². The average molecular weight is 294 g/mol. The Balaban J connectivity index is 2.43.